The highest BCUT2D eigenvalue weighted by molar-refractivity contribution is 5.73. The molecule has 1 N–H and O–H groups in total. The van der Waals surface area contributed by atoms with Crippen molar-refractivity contribution in [1.82, 2.24) is 10.2 Å². The zero-order chi connectivity index (χ0) is 12.5. The molecule has 2 heterocycles. The van der Waals surface area contributed by atoms with E-state index in [9.17, 15) is 4.79 Å². The highest BCUT2D eigenvalue weighted by atomic mass is 16.5. The molecule has 2 saturated heterocycles. The second-order valence-corrected chi connectivity index (χ2v) is 6.02. The SMILES string of the molecule is CC(=O)N1CCC(NC2CCOC2C2CC2)CC1. The van der Waals surface area contributed by atoms with Crippen molar-refractivity contribution in [3.05, 3.63) is 0 Å². The predicted octanol–water partition coefficient (Wildman–Crippen LogP) is 1.15. The van der Waals surface area contributed by atoms with Crippen LogP contribution in [0, 0.1) is 5.92 Å². The zero-order valence-electron chi connectivity index (χ0n) is 11.2. The van der Waals surface area contributed by atoms with E-state index in [4.69, 9.17) is 4.74 Å². The third-order valence-electron chi connectivity index (χ3n) is 4.61. The molecule has 1 aliphatic carbocycles. The summed E-state index contributed by atoms with van der Waals surface area (Å²) in [6.45, 7) is 4.41. The molecule has 2 aliphatic heterocycles. The minimum Gasteiger partial charge on any atom is -0.376 e. The topological polar surface area (TPSA) is 41.6 Å². The second kappa shape index (κ2) is 5.17. The van der Waals surface area contributed by atoms with Crippen molar-refractivity contribution in [2.75, 3.05) is 19.7 Å². The average Bonchev–Trinajstić information content (AvgIpc) is 3.11. The molecule has 102 valence electrons. The highest BCUT2D eigenvalue weighted by Gasteiger charge is 2.41. The maximum atomic E-state index is 11.3. The highest BCUT2D eigenvalue weighted by Crippen LogP contribution is 2.39. The minimum atomic E-state index is 0.216. The van der Waals surface area contributed by atoms with Crippen molar-refractivity contribution in [3.63, 3.8) is 0 Å². The van der Waals surface area contributed by atoms with E-state index in [-0.39, 0.29) is 5.91 Å². The van der Waals surface area contributed by atoms with Gasteiger partial charge in [-0.05, 0) is 38.0 Å². The molecule has 4 nitrogen and oxygen atoms in total. The predicted molar refractivity (Wildman–Crippen MR) is 69.3 cm³/mol. The van der Waals surface area contributed by atoms with Gasteiger partial charge >= 0.3 is 0 Å². The number of rotatable bonds is 3. The molecule has 3 rings (SSSR count). The summed E-state index contributed by atoms with van der Waals surface area (Å²) in [5.41, 5.74) is 0. The first-order chi connectivity index (χ1) is 8.74. The fourth-order valence-electron chi connectivity index (χ4n) is 3.34. The van der Waals surface area contributed by atoms with Gasteiger partial charge in [-0.3, -0.25) is 4.79 Å². The molecule has 4 heteroatoms. The molecule has 3 fully saturated rings. The lowest BCUT2D eigenvalue weighted by atomic mass is 10.00. The zero-order valence-corrected chi connectivity index (χ0v) is 11.2. The molecule has 1 amide bonds. The molecule has 0 aromatic rings. The third-order valence-corrected chi connectivity index (χ3v) is 4.61. The number of hydrogen-bond acceptors (Lipinski definition) is 3. The van der Waals surface area contributed by atoms with E-state index in [0.717, 1.165) is 44.9 Å². The Kier molecular flexibility index (Phi) is 3.57. The van der Waals surface area contributed by atoms with Crippen molar-refractivity contribution >= 4 is 5.91 Å². The van der Waals surface area contributed by atoms with E-state index in [1.807, 2.05) is 4.90 Å². The van der Waals surface area contributed by atoms with Crippen molar-refractivity contribution in [2.24, 2.45) is 5.92 Å². The molecule has 18 heavy (non-hydrogen) atoms. The molecule has 0 bridgehead atoms. The quantitative estimate of drug-likeness (QED) is 0.819. The molecule has 0 radical (unpaired) electrons. The first-order valence-electron chi connectivity index (χ1n) is 7.37. The van der Waals surface area contributed by atoms with Crippen LogP contribution in [0.5, 0.6) is 0 Å². The van der Waals surface area contributed by atoms with Crippen molar-refractivity contribution in [2.45, 2.75) is 57.2 Å². The number of piperidine rings is 1. The smallest absolute Gasteiger partial charge is 0.219 e. The first kappa shape index (κ1) is 12.4. The van der Waals surface area contributed by atoms with Gasteiger partial charge in [0.25, 0.3) is 0 Å². The summed E-state index contributed by atoms with van der Waals surface area (Å²) < 4.78 is 5.86. The van der Waals surface area contributed by atoms with Gasteiger partial charge in [-0.1, -0.05) is 0 Å². The lowest BCUT2D eigenvalue weighted by Gasteiger charge is -2.34. The molecule has 2 atom stereocenters. The monoisotopic (exact) mass is 252 g/mol. The van der Waals surface area contributed by atoms with Gasteiger partial charge in [0.05, 0.1) is 6.10 Å². The summed E-state index contributed by atoms with van der Waals surface area (Å²) in [4.78, 5) is 13.2. The van der Waals surface area contributed by atoms with Crippen LogP contribution in [-0.2, 0) is 9.53 Å². The van der Waals surface area contributed by atoms with Crippen molar-refractivity contribution in [1.29, 1.82) is 0 Å². The van der Waals surface area contributed by atoms with E-state index < -0.39 is 0 Å². The lowest BCUT2D eigenvalue weighted by molar-refractivity contribution is -0.129. The maximum absolute atomic E-state index is 11.3. The van der Waals surface area contributed by atoms with Gasteiger partial charge in [-0.25, -0.2) is 0 Å². The Balaban J connectivity index is 1.47. The van der Waals surface area contributed by atoms with Crippen molar-refractivity contribution in [3.8, 4) is 0 Å². The van der Waals surface area contributed by atoms with E-state index in [2.05, 4.69) is 5.32 Å². The van der Waals surface area contributed by atoms with Gasteiger partial charge in [0.1, 0.15) is 0 Å². The minimum absolute atomic E-state index is 0.216. The third kappa shape index (κ3) is 2.69. The maximum Gasteiger partial charge on any atom is 0.219 e. The molecule has 0 aromatic carbocycles. The van der Waals surface area contributed by atoms with Crippen LogP contribution in [-0.4, -0.2) is 48.7 Å². The summed E-state index contributed by atoms with van der Waals surface area (Å²) in [7, 11) is 0. The number of likely N-dealkylation sites (tertiary alicyclic amines) is 1. The van der Waals surface area contributed by atoms with Gasteiger partial charge in [0.2, 0.25) is 5.91 Å². The van der Waals surface area contributed by atoms with E-state index in [0.29, 0.717) is 18.2 Å². The van der Waals surface area contributed by atoms with Gasteiger partial charge in [0, 0.05) is 38.7 Å². The van der Waals surface area contributed by atoms with Crippen LogP contribution >= 0.6 is 0 Å². The van der Waals surface area contributed by atoms with Crippen molar-refractivity contribution < 1.29 is 9.53 Å². The molecule has 1 saturated carbocycles. The Labute approximate surface area is 109 Å². The van der Waals surface area contributed by atoms with E-state index >= 15 is 0 Å². The van der Waals surface area contributed by atoms with Crippen LogP contribution in [0.15, 0.2) is 0 Å². The van der Waals surface area contributed by atoms with Gasteiger partial charge in [-0.15, -0.1) is 0 Å². The van der Waals surface area contributed by atoms with E-state index in [1.165, 1.54) is 12.8 Å². The van der Waals surface area contributed by atoms with Gasteiger partial charge in [0.15, 0.2) is 0 Å². The lowest BCUT2D eigenvalue weighted by Crippen LogP contribution is -2.49. The molecule has 0 aromatic heterocycles. The molecule has 2 unspecified atom stereocenters. The summed E-state index contributed by atoms with van der Waals surface area (Å²) in [6.07, 6.45) is 6.52. The number of nitrogens with zero attached hydrogens (tertiary/aromatic N) is 1. The summed E-state index contributed by atoms with van der Waals surface area (Å²) in [5.74, 6) is 1.04. The summed E-state index contributed by atoms with van der Waals surface area (Å²) in [5, 5.41) is 3.79. The molecule has 3 aliphatic rings. The summed E-state index contributed by atoms with van der Waals surface area (Å²) >= 11 is 0. The van der Waals surface area contributed by atoms with Gasteiger partial charge < -0.3 is 15.0 Å². The van der Waals surface area contributed by atoms with Crippen LogP contribution in [0.25, 0.3) is 0 Å². The Morgan fingerprint density at radius 2 is 1.89 bits per heavy atom. The Hall–Kier alpha value is -0.610. The second-order valence-electron chi connectivity index (χ2n) is 6.02. The number of nitrogens with one attached hydrogen (secondary N) is 1. The Morgan fingerprint density at radius 3 is 2.50 bits per heavy atom. The molecular formula is C14H24N2O2. The fraction of sp³-hybridized carbons (Fsp3) is 0.929. The standard InChI is InChI=1S/C14H24N2O2/c1-10(17)16-7-4-12(5-8-16)15-13-6-9-18-14(13)11-2-3-11/h11-15H,2-9H2,1H3. The van der Waals surface area contributed by atoms with Gasteiger partial charge in [-0.2, -0.15) is 0 Å². The first-order valence-corrected chi connectivity index (χ1v) is 7.37. The fourth-order valence-corrected chi connectivity index (χ4v) is 3.34. The van der Waals surface area contributed by atoms with Crippen LogP contribution in [0.3, 0.4) is 0 Å². The number of hydrogen-bond donors (Lipinski definition) is 1. The average molecular weight is 252 g/mol. The number of carbonyl (C=O) groups is 1. The Morgan fingerprint density at radius 1 is 1.17 bits per heavy atom. The summed E-state index contributed by atoms with van der Waals surface area (Å²) in [6, 6.07) is 1.14. The molecular weight excluding hydrogens is 228 g/mol. The number of ether oxygens (including phenoxy) is 1. The normalized spacial score (nSPS) is 33.9. The largest absolute Gasteiger partial charge is 0.376 e. The van der Waals surface area contributed by atoms with E-state index in [1.54, 1.807) is 6.92 Å². The van der Waals surface area contributed by atoms with Crippen LogP contribution in [0.1, 0.15) is 39.0 Å². The Bertz CT molecular complexity index is 309. The number of amides is 1. The van der Waals surface area contributed by atoms with Crippen LogP contribution in [0.2, 0.25) is 0 Å². The number of carbonyl (C=O) groups excluding carboxylic acids is 1. The van der Waals surface area contributed by atoms with Crippen LogP contribution in [0.4, 0.5) is 0 Å². The van der Waals surface area contributed by atoms with Crippen LogP contribution < -0.4 is 5.32 Å². The molecule has 0 spiro atoms.